The maximum atomic E-state index is 11.0. The van der Waals surface area contributed by atoms with Crippen molar-refractivity contribution < 1.29 is 9.59 Å². The van der Waals surface area contributed by atoms with Crippen molar-refractivity contribution in [3.05, 3.63) is 22.7 Å². The number of ketones is 2. The largest absolute Gasteiger partial charge is 0.286 e. The Labute approximate surface area is 66.5 Å². The molecule has 54 valence electrons. The molecule has 4 heteroatoms. The van der Waals surface area contributed by atoms with Gasteiger partial charge in [0.15, 0.2) is 0 Å². The lowest BCUT2D eigenvalue weighted by Crippen LogP contribution is -2.14. The van der Waals surface area contributed by atoms with Crippen LogP contribution in [0.15, 0.2) is 12.3 Å². The molecule has 0 saturated carbocycles. The Hall–Kier alpha value is -1.29. The molecule has 0 aliphatic heterocycles. The molecule has 3 nitrogen and oxygen atoms in total. The third kappa shape index (κ3) is 0.832. The summed E-state index contributed by atoms with van der Waals surface area (Å²) in [5.74, 6) is -0.908. The standard InChI is InChI=1S/C7H3NO2S/c9-5-1-2-6-4(7(5)10)3-8-11-6/h1-3H. The van der Waals surface area contributed by atoms with Gasteiger partial charge in [0.2, 0.25) is 11.6 Å². The molecular weight excluding hydrogens is 162 g/mol. The van der Waals surface area contributed by atoms with Gasteiger partial charge in [-0.05, 0) is 23.7 Å². The lowest BCUT2D eigenvalue weighted by molar-refractivity contribution is -0.110. The van der Waals surface area contributed by atoms with E-state index in [1.54, 1.807) is 6.08 Å². The van der Waals surface area contributed by atoms with Crippen LogP contribution >= 0.6 is 11.5 Å². The second kappa shape index (κ2) is 2.10. The van der Waals surface area contributed by atoms with Crippen molar-refractivity contribution in [2.45, 2.75) is 0 Å². The summed E-state index contributed by atoms with van der Waals surface area (Å²) in [5.41, 5.74) is 0.433. The summed E-state index contributed by atoms with van der Waals surface area (Å²) < 4.78 is 3.81. The monoisotopic (exact) mass is 165 g/mol. The zero-order valence-corrected chi connectivity index (χ0v) is 6.22. The Kier molecular flexibility index (Phi) is 1.22. The van der Waals surface area contributed by atoms with E-state index in [-0.39, 0.29) is 0 Å². The SMILES string of the molecule is O=C1C=Cc2sncc2C1=O. The molecule has 0 N–H and O–H groups in total. The third-order valence-electron chi connectivity index (χ3n) is 1.45. The average Bonchev–Trinajstić information content (AvgIpc) is 2.45. The Bertz CT molecular complexity index is 364. The van der Waals surface area contributed by atoms with E-state index in [9.17, 15) is 9.59 Å². The van der Waals surface area contributed by atoms with E-state index >= 15 is 0 Å². The molecule has 0 atom stereocenters. The van der Waals surface area contributed by atoms with E-state index in [0.717, 1.165) is 4.88 Å². The zero-order chi connectivity index (χ0) is 7.84. The molecule has 1 aliphatic rings. The van der Waals surface area contributed by atoms with E-state index < -0.39 is 11.6 Å². The van der Waals surface area contributed by atoms with Crippen LogP contribution in [0.2, 0.25) is 0 Å². The number of nitrogens with zero attached hydrogens (tertiary/aromatic N) is 1. The van der Waals surface area contributed by atoms with Crippen molar-refractivity contribution in [2.75, 3.05) is 0 Å². The lowest BCUT2D eigenvalue weighted by atomic mass is 10.0. The van der Waals surface area contributed by atoms with Crippen LogP contribution in [0.3, 0.4) is 0 Å². The molecule has 1 aromatic rings. The van der Waals surface area contributed by atoms with Crippen LogP contribution < -0.4 is 0 Å². The van der Waals surface area contributed by atoms with E-state index in [0.29, 0.717) is 5.56 Å². The number of hydrogen-bond donors (Lipinski definition) is 0. The number of carbonyl (C=O) groups excluding carboxylic acids is 2. The van der Waals surface area contributed by atoms with Gasteiger partial charge in [0, 0.05) is 0 Å². The molecule has 0 bridgehead atoms. The van der Waals surface area contributed by atoms with E-state index in [2.05, 4.69) is 4.37 Å². The molecule has 0 aromatic carbocycles. The van der Waals surface area contributed by atoms with Gasteiger partial charge in [0.25, 0.3) is 0 Å². The molecule has 0 fully saturated rings. The molecule has 0 unspecified atom stereocenters. The highest BCUT2D eigenvalue weighted by Crippen LogP contribution is 2.20. The highest BCUT2D eigenvalue weighted by molar-refractivity contribution is 7.07. The summed E-state index contributed by atoms with van der Waals surface area (Å²) >= 11 is 1.22. The summed E-state index contributed by atoms with van der Waals surface area (Å²) in [4.78, 5) is 22.6. The van der Waals surface area contributed by atoms with Gasteiger partial charge in [0.1, 0.15) is 0 Å². The predicted molar refractivity (Wildman–Crippen MR) is 40.5 cm³/mol. The van der Waals surface area contributed by atoms with Crippen LogP contribution in [0.25, 0.3) is 6.08 Å². The molecule has 0 saturated heterocycles. The number of hydrogen-bond acceptors (Lipinski definition) is 4. The highest BCUT2D eigenvalue weighted by Gasteiger charge is 2.21. The van der Waals surface area contributed by atoms with Gasteiger partial charge in [-0.1, -0.05) is 0 Å². The normalized spacial score (nSPS) is 15.3. The second-order valence-corrected chi connectivity index (χ2v) is 2.96. The van der Waals surface area contributed by atoms with Crippen molar-refractivity contribution in [3.8, 4) is 0 Å². The van der Waals surface area contributed by atoms with Crippen molar-refractivity contribution >= 4 is 29.2 Å². The van der Waals surface area contributed by atoms with Crippen LogP contribution in [0.1, 0.15) is 15.2 Å². The molecule has 0 radical (unpaired) electrons. The van der Waals surface area contributed by atoms with E-state index in [1.807, 2.05) is 0 Å². The average molecular weight is 165 g/mol. The summed E-state index contributed by atoms with van der Waals surface area (Å²) in [5, 5.41) is 0. The minimum atomic E-state index is -0.460. The van der Waals surface area contributed by atoms with Crippen LogP contribution in [0.4, 0.5) is 0 Å². The van der Waals surface area contributed by atoms with Gasteiger partial charge in [-0.25, -0.2) is 0 Å². The molecule has 0 spiro atoms. The Balaban J connectivity index is 2.66. The minimum absolute atomic E-state index is 0.433. The van der Waals surface area contributed by atoms with Crippen molar-refractivity contribution in [1.82, 2.24) is 4.37 Å². The number of fused-ring (bicyclic) bond motifs is 1. The summed E-state index contributed by atoms with van der Waals surface area (Å²) in [6.45, 7) is 0. The van der Waals surface area contributed by atoms with Crippen molar-refractivity contribution in [1.29, 1.82) is 0 Å². The maximum absolute atomic E-state index is 11.0. The highest BCUT2D eigenvalue weighted by atomic mass is 32.1. The molecule has 0 amide bonds. The smallest absolute Gasteiger partial charge is 0.235 e. The summed E-state index contributed by atoms with van der Waals surface area (Å²) in [7, 11) is 0. The first-order chi connectivity index (χ1) is 5.29. The molecule has 2 rings (SSSR count). The van der Waals surface area contributed by atoms with Gasteiger partial charge >= 0.3 is 0 Å². The number of carbonyl (C=O) groups is 2. The molecule has 1 heterocycles. The summed E-state index contributed by atoms with van der Waals surface area (Å²) in [6.07, 6.45) is 4.34. The van der Waals surface area contributed by atoms with Crippen molar-refractivity contribution in [2.24, 2.45) is 0 Å². The first-order valence-corrected chi connectivity index (χ1v) is 3.78. The van der Waals surface area contributed by atoms with Gasteiger partial charge in [-0.15, -0.1) is 0 Å². The van der Waals surface area contributed by atoms with E-state index in [4.69, 9.17) is 0 Å². The fraction of sp³-hybridized carbons (Fsp3) is 0. The van der Waals surface area contributed by atoms with Gasteiger partial charge in [-0.2, -0.15) is 4.37 Å². The first-order valence-electron chi connectivity index (χ1n) is 3.00. The molecule has 1 aromatic heterocycles. The van der Waals surface area contributed by atoms with Gasteiger partial charge in [-0.3, -0.25) is 9.59 Å². The zero-order valence-electron chi connectivity index (χ0n) is 5.40. The topological polar surface area (TPSA) is 47.0 Å². The van der Waals surface area contributed by atoms with Gasteiger partial charge < -0.3 is 0 Å². The van der Waals surface area contributed by atoms with Crippen LogP contribution in [-0.4, -0.2) is 15.9 Å². The predicted octanol–water partition coefficient (Wildman–Crippen LogP) is 0.922. The quantitative estimate of drug-likeness (QED) is 0.537. The number of rotatable bonds is 0. The number of Topliss-reactive ketones (excluding diaryl/α,β-unsaturated/α-hetero) is 1. The Morgan fingerprint density at radius 3 is 2.91 bits per heavy atom. The fourth-order valence-corrected chi connectivity index (χ4v) is 1.54. The minimum Gasteiger partial charge on any atom is -0.286 e. The lowest BCUT2D eigenvalue weighted by Gasteiger charge is -1.98. The first kappa shape index (κ1) is 6.42. The van der Waals surface area contributed by atoms with Crippen molar-refractivity contribution in [3.63, 3.8) is 0 Å². The fourth-order valence-electron chi connectivity index (χ4n) is 0.899. The second-order valence-electron chi connectivity index (χ2n) is 2.13. The molecule has 11 heavy (non-hydrogen) atoms. The molecular formula is C7H3NO2S. The number of aromatic nitrogens is 1. The third-order valence-corrected chi connectivity index (χ3v) is 2.22. The maximum Gasteiger partial charge on any atom is 0.235 e. The van der Waals surface area contributed by atoms with E-state index in [1.165, 1.54) is 23.8 Å². The Morgan fingerprint density at radius 2 is 2.09 bits per heavy atom. The summed E-state index contributed by atoms with van der Waals surface area (Å²) in [6, 6.07) is 0. The van der Waals surface area contributed by atoms with Crippen LogP contribution in [0, 0.1) is 0 Å². The van der Waals surface area contributed by atoms with Crippen LogP contribution in [-0.2, 0) is 4.79 Å². The Morgan fingerprint density at radius 1 is 1.27 bits per heavy atom. The number of allylic oxidation sites excluding steroid dienone is 1. The van der Waals surface area contributed by atoms with Gasteiger partial charge in [0.05, 0.1) is 16.6 Å². The van der Waals surface area contributed by atoms with Crippen LogP contribution in [0.5, 0.6) is 0 Å². The molecule has 1 aliphatic carbocycles.